The van der Waals surface area contributed by atoms with Crippen LogP contribution in [0.15, 0.2) is 24.3 Å². The Morgan fingerprint density at radius 2 is 1.94 bits per heavy atom. The van der Waals surface area contributed by atoms with E-state index in [2.05, 4.69) is 36.3 Å². The van der Waals surface area contributed by atoms with Crippen LogP contribution in [-0.4, -0.2) is 27.3 Å². The first kappa shape index (κ1) is 12.5. The lowest BCUT2D eigenvalue weighted by Crippen LogP contribution is -2.20. The number of aromatic nitrogens is 4. The van der Waals surface area contributed by atoms with Gasteiger partial charge in [-0.15, -0.1) is 5.10 Å². The highest BCUT2D eigenvalue weighted by Gasteiger charge is 2.22. The number of hydrogen-bond donors (Lipinski definition) is 0. The molecule has 0 saturated carbocycles. The van der Waals surface area contributed by atoms with Gasteiger partial charge in [0.05, 0.1) is 13.7 Å². The summed E-state index contributed by atoms with van der Waals surface area (Å²) in [6.45, 7) is 6.90. The van der Waals surface area contributed by atoms with Crippen molar-refractivity contribution in [2.75, 3.05) is 7.11 Å². The van der Waals surface area contributed by atoms with Crippen LogP contribution in [0.25, 0.3) is 0 Å². The van der Waals surface area contributed by atoms with E-state index in [1.807, 2.05) is 28.9 Å². The second kappa shape index (κ2) is 4.76. The van der Waals surface area contributed by atoms with Crippen LogP contribution in [-0.2, 0) is 12.0 Å². The van der Waals surface area contributed by atoms with Gasteiger partial charge in [0, 0.05) is 11.0 Å². The first-order valence-electron chi connectivity index (χ1n) is 5.91. The predicted octanol–water partition coefficient (Wildman–Crippen LogP) is 2.03. The molecule has 18 heavy (non-hydrogen) atoms. The van der Waals surface area contributed by atoms with E-state index in [0.29, 0.717) is 6.54 Å². The third-order valence-corrected chi connectivity index (χ3v) is 2.72. The van der Waals surface area contributed by atoms with E-state index in [4.69, 9.17) is 4.74 Å². The van der Waals surface area contributed by atoms with Gasteiger partial charge < -0.3 is 4.74 Å². The van der Waals surface area contributed by atoms with Gasteiger partial charge in [0.15, 0.2) is 5.82 Å². The van der Waals surface area contributed by atoms with Crippen molar-refractivity contribution >= 4 is 0 Å². The normalized spacial score (nSPS) is 11.6. The molecule has 0 amide bonds. The molecule has 0 saturated heterocycles. The molecule has 0 fully saturated rings. The zero-order valence-corrected chi connectivity index (χ0v) is 11.2. The second-order valence-corrected chi connectivity index (χ2v) is 5.22. The summed E-state index contributed by atoms with van der Waals surface area (Å²) in [6, 6.07) is 7.90. The van der Waals surface area contributed by atoms with Crippen molar-refractivity contribution in [2.45, 2.75) is 32.7 Å². The van der Waals surface area contributed by atoms with Gasteiger partial charge in [0.25, 0.3) is 0 Å². The molecule has 1 aromatic carbocycles. The van der Waals surface area contributed by atoms with Crippen LogP contribution < -0.4 is 4.74 Å². The minimum absolute atomic E-state index is 0.0779. The second-order valence-electron chi connectivity index (χ2n) is 5.22. The molecule has 2 rings (SSSR count). The Morgan fingerprint density at radius 3 is 2.61 bits per heavy atom. The minimum atomic E-state index is -0.0779. The van der Waals surface area contributed by atoms with E-state index in [9.17, 15) is 0 Å². The Labute approximate surface area is 107 Å². The molecule has 0 spiro atoms. The molecule has 0 atom stereocenters. The van der Waals surface area contributed by atoms with E-state index < -0.39 is 0 Å². The first-order valence-corrected chi connectivity index (χ1v) is 5.91. The summed E-state index contributed by atoms with van der Waals surface area (Å²) in [5.41, 5.74) is 0.990. The van der Waals surface area contributed by atoms with E-state index in [-0.39, 0.29) is 5.41 Å². The van der Waals surface area contributed by atoms with Gasteiger partial charge in [0.2, 0.25) is 0 Å². The highest BCUT2D eigenvalue weighted by Crippen LogP contribution is 2.22. The summed E-state index contributed by atoms with van der Waals surface area (Å²) < 4.78 is 7.15. The Balaban J connectivity index is 2.32. The quantitative estimate of drug-likeness (QED) is 0.831. The number of ether oxygens (including phenoxy) is 1. The van der Waals surface area contributed by atoms with Gasteiger partial charge in [0.1, 0.15) is 5.75 Å². The highest BCUT2D eigenvalue weighted by molar-refractivity contribution is 5.33. The Hall–Kier alpha value is -1.91. The number of hydrogen-bond acceptors (Lipinski definition) is 4. The molecule has 0 aliphatic rings. The van der Waals surface area contributed by atoms with Crippen molar-refractivity contribution in [2.24, 2.45) is 0 Å². The van der Waals surface area contributed by atoms with E-state index >= 15 is 0 Å². The molecular weight excluding hydrogens is 228 g/mol. The Bertz CT molecular complexity index is 528. The minimum Gasteiger partial charge on any atom is -0.496 e. The zero-order valence-electron chi connectivity index (χ0n) is 11.2. The molecule has 0 aliphatic heterocycles. The number of tetrazole rings is 1. The van der Waals surface area contributed by atoms with Gasteiger partial charge in [-0.05, 0) is 16.5 Å². The van der Waals surface area contributed by atoms with E-state index in [0.717, 1.165) is 17.1 Å². The summed E-state index contributed by atoms with van der Waals surface area (Å²) in [5.74, 6) is 1.72. The molecule has 0 N–H and O–H groups in total. The topological polar surface area (TPSA) is 52.8 Å². The van der Waals surface area contributed by atoms with Crippen LogP contribution in [0.5, 0.6) is 5.75 Å². The van der Waals surface area contributed by atoms with E-state index in [1.54, 1.807) is 7.11 Å². The van der Waals surface area contributed by atoms with Gasteiger partial charge >= 0.3 is 0 Å². The average molecular weight is 246 g/mol. The zero-order chi connectivity index (χ0) is 13.2. The number of para-hydroxylation sites is 1. The fourth-order valence-corrected chi connectivity index (χ4v) is 1.84. The number of methoxy groups -OCH3 is 1. The summed E-state index contributed by atoms with van der Waals surface area (Å²) in [7, 11) is 1.67. The molecule has 5 heteroatoms. The van der Waals surface area contributed by atoms with Crippen LogP contribution in [0.1, 0.15) is 32.2 Å². The molecule has 1 heterocycles. The number of nitrogens with zero attached hydrogens (tertiary/aromatic N) is 4. The van der Waals surface area contributed by atoms with E-state index in [1.165, 1.54) is 0 Å². The number of benzene rings is 1. The van der Waals surface area contributed by atoms with Crippen LogP contribution >= 0.6 is 0 Å². The number of rotatable bonds is 3. The van der Waals surface area contributed by atoms with Crippen LogP contribution in [0.4, 0.5) is 0 Å². The van der Waals surface area contributed by atoms with Gasteiger partial charge in [-0.3, -0.25) is 0 Å². The van der Waals surface area contributed by atoms with Crippen LogP contribution in [0.3, 0.4) is 0 Å². The predicted molar refractivity (Wildman–Crippen MR) is 68.6 cm³/mol. The SMILES string of the molecule is COc1ccccc1Cn1nnnc1C(C)(C)C. The highest BCUT2D eigenvalue weighted by atomic mass is 16.5. The lowest BCUT2D eigenvalue weighted by Gasteiger charge is -2.17. The first-order chi connectivity index (χ1) is 8.52. The lowest BCUT2D eigenvalue weighted by molar-refractivity contribution is 0.404. The average Bonchev–Trinajstić information content (AvgIpc) is 2.78. The van der Waals surface area contributed by atoms with Crippen molar-refractivity contribution in [3.63, 3.8) is 0 Å². The molecule has 0 radical (unpaired) electrons. The standard InChI is InChI=1S/C13H18N4O/c1-13(2,3)12-14-15-16-17(12)9-10-7-5-6-8-11(10)18-4/h5-8H,9H2,1-4H3. The van der Waals surface area contributed by atoms with Crippen LogP contribution in [0, 0.1) is 0 Å². The van der Waals surface area contributed by atoms with Gasteiger partial charge in [-0.1, -0.05) is 39.0 Å². The van der Waals surface area contributed by atoms with Crippen molar-refractivity contribution in [1.29, 1.82) is 0 Å². The fraction of sp³-hybridized carbons (Fsp3) is 0.462. The largest absolute Gasteiger partial charge is 0.496 e. The maximum atomic E-state index is 5.34. The van der Waals surface area contributed by atoms with Crippen molar-refractivity contribution in [3.05, 3.63) is 35.7 Å². The molecule has 0 aliphatic carbocycles. The third-order valence-electron chi connectivity index (χ3n) is 2.72. The Morgan fingerprint density at radius 1 is 1.22 bits per heavy atom. The molecule has 5 nitrogen and oxygen atoms in total. The van der Waals surface area contributed by atoms with Crippen molar-refractivity contribution < 1.29 is 4.74 Å². The molecule has 2 aromatic rings. The molecule has 0 unspecified atom stereocenters. The maximum absolute atomic E-state index is 5.34. The smallest absolute Gasteiger partial charge is 0.156 e. The summed E-state index contributed by atoms with van der Waals surface area (Å²) in [4.78, 5) is 0. The van der Waals surface area contributed by atoms with Gasteiger partial charge in [-0.25, -0.2) is 4.68 Å². The lowest BCUT2D eigenvalue weighted by atomic mass is 9.96. The molecular formula is C13H18N4O. The fourth-order valence-electron chi connectivity index (χ4n) is 1.84. The third kappa shape index (κ3) is 2.50. The Kier molecular flexibility index (Phi) is 3.32. The van der Waals surface area contributed by atoms with Crippen LogP contribution in [0.2, 0.25) is 0 Å². The summed E-state index contributed by atoms with van der Waals surface area (Å²) in [6.07, 6.45) is 0. The van der Waals surface area contributed by atoms with Crippen molar-refractivity contribution in [3.8, 4) is 5.75 Å². The van der Waals surface area contributed by atoms with Crippen molar-refractivity contribution in [1.82, 2.24) is 20.2 Å². The summed E-state index contributed by atoms with van der Waals surface area (Å²) in [5, 5.41) is 11.9. The molecule has 1 aromatic heterocycles. The van der Waals surface area contributed by atoms with Gasteiger partial charge in [-0.2, -0.15) is 0 Å². The summed E-state index contributed by atoms with van der Waals surface area (Å²) >= 11 is 0. The maximum Gasteiger partial charge on any atom is 0.156 e. The monoisotopic (exact) mass is 246 g/mol. The molecule has 0 bridgehead atoms. The molecule has 96 valence electrons.